The number of carbonyl (C=O) groups is 1. The molecule has 0 amide bonds. The smallest absolute Gasteiger partial charge is 0.308 e. The van der Waals surface area contributed by atoms with Gasteiger partial charge < -0.3 is 9.47 Å². The van der Waals surface area contributed by atoms with Crippen molar-refractivity contribution in [3.05, 3.63) is 29.8 Å². The monoisotopic (exact) mass is 250 g/mol. The average molecular weight is 250 g/mol. The molecule has 0 radical (unpaired) electrons. The highest BCUT2D eigenvalue weighted by Gasteiger charge is 2.13. The highest BCUT2D eigenvalue weighted by molar-refractivity contribution is 5.71. The molecule has 0 bridgehead atoms. The second kappa shape index (κ2) is 7.75. The molecule has 1 unspecified atom stereocenters. The Morgan fingerprint density at radius 3 is 2.83 bits per heavy atom. The van der Waals surface area contributed by atoms with Crippen molar-refractivity contribution >= 4 is 5.97 Å². The van der Waals surface area contributed by atoms with Gasteiger partial charge in [-0.25, -0.2) is 0 Å². The molecule has 0 saturated carbocycles. The Labute approximate surface area is 109 Å². The third kappa shape index (κ3) is 4.78. The molecule has 0 spiro atoms. The quantitative estimate of drug-likeness (QED) is 0.697. The zero-order valence-corrected chi connectivity index (χ0v) is 11.4. The predicted octanol–water partition coefficient (Wildman–Crippen LogP) is 3.22. The summed E-state index contributed by atoms with van der Waals surface area (Å²) in [6.07, 6.45) is 2.80. The molecule has 0 heterocycles. The summed E-state index contributed by atoms with van der Waals surface area (Å²) in [6, 6.07) is 8.04. The topological polar surface area (TPSA) is 35.5 Å². The molecular weight excluding hydrogens is 228 g/mol. The Morgan fingerprint density at radius 2 is 2.17 bits per heavy atom. The average Bonchev–Trinajstić information content (AvgIpc) is 2.39. The second-order valence-corrected chi connectivity index (χ2v) is 4.40. The molecule has 1 aromatic rings. The van der Waals surface area contributed by atoms with Crippen molar-refractivity contribution in [2.75, 3.05) is 13.7 Å². The van der Waals surface area contributed by atoms with Crippen LogP contribution >= 0.6 is 0 Å². The van der Waals surface area contributed by atoms with Gasteiger partial charge in [-0.05, 0) is 43.9 Å². The number of rotatable bonds is 7. The van der Waals surface area contributed by atoms with Crippen molar-refractivity contribution in [3.8, 4) is 5.75 Å². The van der Waals surface area contributed by atoms with Gasteiger partial charge in [0.1, 0.15) is 5.75 Å². The van der Waals surface area contributed by atoms with Gasteiger partial charge in [-0.3, -0.25) is 4.79 Å². The number of ether oxygens (including phenoxy) is 2. The molecule has 0 N–H and O–H groups in total. The van der Waals surface area contributed by atoms with E-state index >= 15 is 0 Å². The summed E-state index contributed by atoms with van der Waals surface area (Å²) in [7, 11) is 1.67. The van der Waals surface area contributed by atoms with Crippen molar-refractivity contribution in [1.82, 2.24) is 0 Å². The minimum Gasteiger partial charge on any atom is -0.497 e. The molecule has 0 aromatic heterocycles. The van der Waals surface area contributed by atoms with Gasteiger partial charge in [0.25, 0.3) is 0 Å². The van der Waals surface area contributed by atoms with E-state index in [0.717, 1.165) is 25.0 Å². The van der Waals surface area contributed by atoms with Crippen LogP contribution in [-0.2, 0) is 16.0 Å². The normalized spacial score (nSPS) is 11.9. The Bertz CT molecular complexity index is 374. The molecule has 0 aliphatic rings. The van der Waals surface area contributed by atoms with Crippen molar-refractivity contribution in [2.24, 2.45) is 5.92 Å². The Kier molecular flexibility index (Phi) is 6.26. The van der Waals surface area contributed by atoms with E-state index in [1.54, 1.807) is 7.11 Å². The largest absolute Gasteiger partial charge is 0.497 e. The van der Waals surface area contributed by atoms with E-state index in [4.69, 9.17) is 9.47 Å². The van der Waals surface area contributed by atoms with Gasteiger partial charge in [-0.1, -0.05) is 19.1 Å². The Balaban J connectivity index is 2.34. The van der Waals surface area contributed by atoms with Gasteiger partial charge in [0.15, 0.2) is 0 Å². The van der Waals surface area contributed by atoms with E-state index in [0.29, 0.717) is 6.61 Å². The Hall–Kier alpha value is -1.51. The molecule has 0 fully saturated rings. The fourth-order valence-electron chi connectivity index (χ4n) is 1.84. The zero-order chi connectivity index (χ0) is 13.4. The molecule has 1 aromatic carbocycles. The molecular formula is C15H22O3. The minimum absolute atomic E-state index is 0.0180. The lowest BCUT2D eigenvalue weighted by molar-refractivity contribution is -0.147. The molecule has 0 aliphatic carbocycles. The number of aryl methyl sites for hydroxylation is 1. The van der Waals surface area contributed by atoms with Gasteiger partial charge in [0, 0.05) is 0 Å². The lowest BCUT2D eigenvalue weighted by Gasteiger charge is -2.10. The Morgan fingerprint density at radius 1 is 1.39 bits per heavy atom. The first-order valence-electron chi connectivity index (χ1n) is 6.47. The molecule has 0 saturated heterocycles. The maximum absolute atomic E-state index is 11.4. The fourth-order valence-corrected chi connectivity index (χ4v) is 1.84. The summed E-state index contributed by atoms with van der Waals surface area (Å²) in [5, 5.41) is 0. The molecule has 3 nitrogen and oxygen atoms in total. The predicted molar refractivity (Wildman–Crippen MR) is 71.7 cm³/mol. The summed E-state index contributed by atoms with van der Waals surface area (Å²) in [5.74, 6) is 0.768. The third-order valence-corrected chi connectivity index (χ3v) is 2.93. The third-order valence-electron chi connectivity index (χ3n) is 2.93. The first kappa shape index (κ1) is 14.6. The number of hydrogen-bond acceptors (Lipinski definition) is 3. The van der Waals surface area contributed by atoms with Crippen LogP contribution in [0.4, 0.5) is 0 Å². The number of hydrogen-bond donors (Lipinski definition) is 0. The summed E-state index contributed by atoms with van der Waals surface area (Å²) in [4.78, 5) is 11.4. The van der Waals surface area contributed by atoms with Gasteiger partial charge in [-0.2, -0.15) is 0 Å². The minimum atomic E-state index is -0.0943. The van der Waals surface area contributed by atoms with Crippen LogP contribution in [0.5, 0.6) is 5.75 Å². The van der Waals surface area contributed by atoms with E-state index in [1.165, 1.54) is 5.56 Å². The van der Waals surface area contributed by atoms with Crippen LogP contribution in [0.3, 0.4) is 0 Å². The van der Waals surface area contributed by atoms with Crippen molar-refractivity contribution < 1.29 is 14.3 Å². The molecule has 100 valence electrons. The van der Waals surface area contributed by atoms with Crippen LogP contribution in [0.15, 0.2) is 24.3 Å². The number of esters is 1. The van der Waals surface area contributed by atoms with Gasteiger partial charge in [-0.15, -0.1) is 0 Å². The first-order chi connectivity index (χ1) is 8.67. The van der Waals surface area contributed by atoms with Gasteiger partial charge in [0.2, 0.25) is 0 Å². The van der Waals surface area contributed by atoms with Crippen LogP contribution in [0.2, 0.25) is 0 Å². The van der Waals surface area contributed by atoms with Gasteiger partial charge in [0.05, 0.1) is 19.6 Å². The molecule has 18 heavy (non-hydrogen) atoms. The van der Waals surface area contributed by atoms with Gasteiger partial charge >= 0.3 is 5.97 Å². The van der Waals surface area contributed by atoms with Crippen molar-refractivity contribution in [2.45, 2.75) is 33.1 Å². The van der Waals surface area contributed by atoms with E-state index in [-0.39, 0.29) is 11.9 Å². The number of benzene rings is 1. The zero-order valence-electron chi connectivity index (χ0n) is 11.4. The first-order valence-corrected chi connectivity index (χ1v) is 6.47. The highest BCUT2D eigenvalue weighted by atomic mass is 16.5. The maximum Gasteiger partial charge on any atom is 0.308 e. The van der Waals surface area contributed by atoms with Crippen LogP contribution < -0.4 is 4.74 Å². The second-order valence-electron chi connectivity index (χ2n) is 4.40. The van der Waals surface area contributed by atoms with Crippen LogP contribution in [0, 0.1) is 5.92 Å². The van der Waals surface area contributed by atoms with E-state index < -0.39 is 0 Å². The summed E-state index contributed by atoms with van der Waals surface area (Å²) in [6.45, 7) is 4.21. The maximum atomic E-state index is 11.4. The summed E-state index contributed by atoms with van der Waals surface area (Å²) >= 11 is 0. The molecule has 1 rings (SSSR count). The molecule has 0 aliphatic heterocycles. The molecule has 3 heteroatoms. The number of methoxy groups -OCH3 is 1. The van der Waals surface area contributed by atoms with Crippen LogP contribution in [0.25, 0.3) is 0 Å². The van der Waals surface area contributed by atoms with E-state index in [2.05, 4.69) is 6.07 Å². The standard InChI is InChI=1S/C15H22O3/c1-4-18-15(16)12(2)7-5-8-13-9-6-10-14(11-13)17-3/h6,9-12H,4-5,7-8H2,1-3H3. The summed E-state index contributed by atoms with van der Waals surface area (Å²) < 4.78 is 10.2. The van der Waals surface area contributed by atoms with Crippen LogP contribution in [0.1, 0.15) is 32.3 Å². The van der Waals surface area contributed by atoms with E-state index in [9.17, 15) is 4.79 Å². The number of carbonyl (C=O) groups excluding carboxylic acids is 1. The van der Waals surface area contributed by atoms with Crippen molar-refractivity contribution in [1.29, 1.82) is 0 Å². The fraction of sp³-hybridized carbons (Fsp3) is 0.533. The lowest BCUT2D eigenvalue weighted by Crippen LogP contribution is -2.14. The highest BCUT2D eigenvalue weighted by Crippen LogP contribution is 2.16. The van der Waals surface area contributed by atoms with Crippen LogP contribution in [-0.4, -0.2) is 19.7 Å². The van der Waals surface area contributed by atoms with Crippen molar-refractivity contribution in [3.63, 3.8) is 0 Å². The van der Waals surface area contributed by atoms with E-state index in [1.807, 2.05) is 32.0 Å². The summed E-state index contributed by atoms with van der Waals surface area (Å²) in [5.41, 5.74) is 1.24. The molecule has 1 atom stereocenters. The lowest BCUT2D eigenvalue weighted by atomic mass is 10.0. The SMILES string of the molecule is CCOC(=O)C(C)CCCc1cccc(OC)c1.